The summed E-state index contributed by atoms with van der Waals surface area (Å²) in [6.45, 7) is 0. The molecule has 1 saturated carbocycles. The van der Waals surface area contributed by atoms with Crippen LogP contribution in [0.5, 0.6) is 0 Å². The van der Waals surface area contributed by atoms with E-state index in [0.717, 1.165) is 24.7 Å². The third-order valence-corrected chi connectivity index (χ3v) is 3.07. The maximum Gasteiger partial charge on any atom is 0.0656 e. The number of fused-ring (bicyclic) bond motifs is 1. The van der Waals surface area contributed by atoms with Crippen LogP contribution in [-0.4, -0.2) is 0 Å². The van der Waals surface area contributed by atoms with E-state index < -0.39 is 0 Å². The van der Waals surface area contributed by atoms with E-state index in [9.17, 15) is 0 Å². The fourth-order valence-corrected chi connectivity index (χ4v) is 2.44. The lowest BCUT2D eigenvalue weighted by molar-refractivity contribution is 0.380. The van der Waals surface area contributed by atoms with E-state index >= 15 is 0 Å². The first-order valence-electron chi connectivity index (χ1n) is 4.44. The van der Waals surface area contributed by atoms with Crippen LogP contribution in [0.2, 0.25) is 0 Å². The van der Waals surface area contributed by atoms with E-state index in [4.69, 9.17) is 5.26 Å². The summed E-state index contributed by atoms with van der Waals surface area (Å²) in [6.07, 6.45) is 9.32. The lowest BCUT2D eigenvalue weighted by Crippen LogP contribution is -2.08. The van der Waals surface area contributed by atoms with E-state index in [0.29, 0.717) is 5.92 Å². The smallest absolute Gasteiger partial charge is 0.0656 e. The van der Waals surface area contributed by atoms with Gasteiger partial charge in [0.05, 0.1) is 6.07 Å². The van der Waals surface area contributed by atoms with Crippen molar-refractivity contribution in [3.63, 3.8) is 0 Å². The van der Waals surface area contributed by atoms with Gasteiger partial charge in [0.15, 0.2) is 0 Å². The highest BCUT2D eigenvalue weighted by atomic mass is 14.4. The first-order valence-corrected chi connectivity index (χ1v) is 4.44. The van der Waals surface area contributed by atoms with Crippen LogP contribution in [0, 0.1) is 29.1 Å². The average molecular weight is 147 g/mol. The van der Waals surface area contributed by atoms with Crippen LogP contribution in [0.4, 0.5) is 0 Å². The Labute approximate surface area is 67.7 Å². The number of allylic oxidation sites excluding steroid dienone is 2. The zero-order valence-corrected chi connectivity index (χ0v) is 6.66. The molecule has 11 heavy (non-hydrogen) atoms. The van der Waals surface area contributed by atoms with Crippen LogP contribution in [0.3, 0.4) is 0 Å². The largest absolute Gasteiger partial charge is 0.198 e. The van der Waals surface area contributed by atoms with E-state index in [1.54, 1.807) is 0 Å². The molecule has 0 amide bonds. The number of nitriles is 1. The van der Waals surface area contributed by atoms with Gasteiger partial charge in [0.1, 0.15) is 0 Å². The van der Waals surface area contributed by atoms with Gasteiger partial charge >= 0.3 is 0 Å². The van der Waals surface area contributed by atoms with Crippen LogP contribution >= 0.6 is 0 Å². The van der Waals surface area contributed by atoms with Crippen LogP contribution < -0.4 is 0 Å². The first kappa shape index (κ1) is 6.91. The molecule has 0 radical (unpaired) electrons. The Kier molecular flexibility index (Phi) is 1.69. The van der Waals surface area contributed by atoms with Crippen LogP contribution in [0.25, 0.3) is 0 Å². The second kappa shape index (κ2) is 2.70. The van der Waals surface area contributed by atoms with E-state index in [1.165, 1.54) is 12.8 Å². The van der Waals surface area contributed by atoms with Crippen molar-refractivity contribution in [1.29, 1.82) is 5.26 Å². The van der Waals surface area contributed by atoms with Crippen molar-refractivity contribution in [2.24, 2.45) is 17.8 Å². The molecule has 1 heteroatoms. The lowest BCUT2D eigenvalue weighted by Gasteiger charge is -2.19. The third-order valence-electron chi connectivity index (χ3n) is 3.07. The van der Waals surface area contributed by atoms with Gasteiger partial charge in [-0.25, -0.2) is 0 Å². The molecular formula is C10H13N. The normalized spacial score (nSPS) is 41.5. The molecular weight excluding hydrogens is 134 g/mol. The molecule has 0 bridgehead atoms. The summed E-state index contributed by atoms with van der Waals surface area (Å²) in [7, 11) is 0. The standard InChI is InChI=1S/C10H13N/c11-7-8-5-9-3-1-2-4-10(9)6-8/h1-2,8-10H,3-6H2/t8?,9-,10+. The number of rotatable bonds is 0. The van der Waals surface area contributed by atoms with Gasteiger partial charge in [-0.05, 0) is 37.5 Å². The maximum atomic E-state index is 8.74. The van der Waals surface area contributed by atoms with Crippen LogP contribution in [0.15, 0.2) is 12.2 Å². The Morgan fingerprint density at radius 1 is 1.09 bits per heavy atom. The molecule has 2 aliphatic carbocycles. The number of hydrogen-bond acceptors (Lipinski definition) is 1. The molecule has 0 N–H and O–H groups in total. The van der Waals surface area contributed by atoms with Crippen molar-refractivity contribution in [1.82, 2.24) is 0 Å². The molecule has 0 aliphatic heterocycles. The molecule has 0 saturated heterocycles. The highest BCUT2D eigenvalue weighted by molar-refractivity contribution is 5.02. The molecule has 58 valence electrons. The highest BCUT2D eigenvalue weighted by Gasteiger charge is 2.33. The molecule has 2 rings (SSSR count). The maximum absolute atomic E-state index is 8.74. The monoisotopic (exact) mass is 147 g/mol. The lowest BCUT2D eigenvalue weighted by atomic mass is 9.86. The average Bonchev–Trinajstić information content (AvgIpc) is 2.46. The Morgan fingerprint density at radius 2 is 1.64 bits per heavy atom. The molecule has 0 aromatic rings. The molecule has 0 heterocycles. The van der Waals surface area contributed by atoms with Gasteiger partial charge < -0.3 is 0 Å². The summed E-state index contributed by atoms with van der Waals surface area (Å²) in [5, 5.41) is 8.74. The first-order chi connectivity index (χ1) is 5.40. The minimum atomic E-state index is 0.366. The van der Waals surface area contributed by atoms with E-state index in [-0.39, 0.29) is 0 Å². The van der Waals surface area contributed by atoms with Gasteiger partial charge in [-0.2, -0.15) is 5.26 Å². The van der Waals surface area contributed by atoms with Gasteiger partial charge in [0.25, 0.3) is 0 Å². The molecule has 2 aliphatic rings. The predicted octanol–water partition coefficient (Wildman–Crippen LogP) is 2.50. The molecule has 0 aromatic heterocycles. The highest BCUT2D eigenvalue weighted by Crippen LogP contribution is 2.42. The van der Waals surface area contributed by atoms with Crippen LogP contribution in [-0.2, 0) is 0 Å². The molecule has 1 fully saturated rings. The molecule has 0 spiro atoms. The zero-order chi connectivity index (χ0) is 7.68. The second-order valence-corrected chi connectivity index (χ2v) is 3.76. The van der Waals surface area contributed by atoms with E-state index in [2.05, 4.69) is 18.2 Å². The van der Waals surface area contributed by atoms with Gasteiger partial charge in [-0.3, -0.25) is 0 Å². The summed E-state index contributed by atoms with van der Waals surface area (Å²) in [5.41, 5.74) is 0. The van der Waals surface area contributed by atoms with Crippen molar-refractivity contribution in [3.05, 3.63) is 12.2 Å². The predicted molar refractivity (Wildman–Crippen MR) is 43.7 cm³/mol. The summed E-state index contributed by atoms with van der Waals surface area (Å²) in [5.74, 6) is 2.04. The van der Waals surface area contributed by atoms with Crippen molar-refractivity contribution in [2.45, 2.75) is 25.7 Å². The topological polar surface area (TPSA) is 23.8 Å². The van der Waals surface area contributed by atoms with Crippen molar-refractivity contribution >= 4 is 0 Å². The molecule has 3 atom stereocenters. The summed E-state index contributed by atoms with van der Waals surface area (Å²) < 4.78 is 0. The van der Waals surface area contributed by atoms with Crippen molar-refractivity contribution < 1.29 is 0 Å². The Hall–Kier alpha value is -0.770. The Bertz CT molecular complexity index is 195. The molecule has 0 aromatic carbocycles. The summed E-state index contributed by atoms with van der Waals surface area (Å²) >= 11 is 0. The van der Waals surface area contributed by atoms with Gasteiger partial charge in [-0.1, -0.05) is 12.2 Å². The zero-order valence-electron chi connectivity index (χ0n) is 6.66. The van der Waals surface area contributed by atoms with E-state index in [1.807, 2.05) is 0 Å². The van der Waals surface area contributed by atoms with Crippen molar-refractivity contribution in [3.8, 4) is 6.07 Å². The second-order valence-electron chi connectivity index (χ2n) is 3.76. The van der Waals surface area contributed by atoms with Gasteiger partial charge in [0, 0.05) is 5.92 Å². The SMILES string of the molecule is N#CC1C[C@H]2CC=CC[C@H]2C1. The number of hydrogen-bond donors (Lipinski definition) is 0. The quantitative estimate of drug-likeness (QED) is 0.483. The van der Waals surface area contributed by atoms with Gasteiger partial charge in [-0.15, -0.1) is 0 Å². The molecule has 1 unspecified atom stereocenters. The van der Waals surface area contributed by atoms with Gasteiger partial charge in [0.2, 0.25) is 0 Å². The van der Waals surface area contributed by atoms with Crippen LogP contribution in [0.1, 0.15) is 25.7 Å². The fraction of sp³-hybridized carbons (Fsp3) is 0.700. The number of nitrogens with zero attached hydrogens (tertiary/aromatic N) is 1. The fourth-order valence-electron chi connectivity index (χ4n) is 2.44. The minimum absolute atomic E-state index is 0.366. The third kappa shape index (κ3) is 1.18. The minimum Gasteiger partial charge on any atom is -0.198 e. The Balaban J connectivity index is 2.04. The Morgan fingerprint density at radius 3 is 2.09 bits per heavy atom. The summed E-state index contributed by atoms with van der Waals surface area (Å²) in [6, 6.07) is 2.39. The summed E-state index contributed by atoms with van der Waals surface area (Å²) in [4.78, 5) is 0. The molecule has 1 nitrogen and oxygen atoms in total. The van der Waals surface area contributed by atoms with Crippen molar-refractivity contribution in [2.75, 3.05) is 0 Å².